The Labute approximate surface area is 278 Å². The third-order valence-corrected chi connectivity index (χ3v) is 8.89. The second-order valence-corrected chi connectivity index (χ2v) is 11.9. The van der Waals surface area contributed by atoms with Crippen LogP contribution >= 0.6 is 0 Å². The van der Waals surface area contributed by atoms with Crippen LogP contribution in [-0.4, -0.2) is 19.9 Å². The molecule has 0 fully saturated rings. The summed E-state index contributed by atoms with van der Waals surface area (Å²) in [6.45, 7) is 0. The lowest BCUT2D eigenvalue weighted by atomic mass is 9.96. The Morgan fingerprint density at radius 1 is 0.312 bits per heavy atom. The molecule has 0 saturated heterocycles. The fraction of sp³-hybridized carbons (Fsp3) is 0. The van der Waals surface area contributed by atoms with Crippen LogP contribution in [0, 0.1) is 0 Å². The summed E-state index contributed by atoms with van der Waals surface area (Å²) < 4.78 is 0. The molecule has 0 spiro atoms. The third-order valence-electron chi connectivity index (χ3n) is 8.89. The van der Waals surface area contributed by atoms with Crippen LogP contribution < -0.4 is 0 Å². The van der Waals surface area contributed by atoms with E-state index in [-0.39, 0.29) is 0 Å². The van der Waals surface area contributed by atoms with E-state index in [1.165, 1.54) is 21.7 Å². The second kappa shape index (κ2) is 11.7. The molecule has 0 saturated carbocycles. The molecule has 4 nitrogen and oxygen atoms in total. The maximum Gasteiger partial charge on any atom is 0.160 e. The van der Waals surface area contributed by atoms with Crippen LogP contribution in [0.2, 0.25) is 0 Å². The predicted octanol–water partition coefficient (Wildman–Crippen LogP) is 11.1. The second-order valence-electron chi connectivity index (χ2n) is 11.9. The molecule has 0 N–H and O–H groups in total. The van der Waals surface area contributed by atoms with Crippen molar-refractivity contribution in [3.05, 3.63) is 170 Å². The molecule has 224 valence electrons. The highest BCUT2D eigenvalue weighted by atomic mass is 14.9. The van der Waals surface area contributed by atoms with Gasteiger partial charge in [-0.05, 0) is 46.2 Å². The maximum absolute atomic E-state index is 5.22. The van der Waals surface area contributed by atoms with Gasteiger partial charge in [-0.3, -0.25) is 0 Å². The summed E-state index contributed by atoms with van der Waals surface area (Å²) in [6.07, 6.45) is 0. The Kier molecular flexibility index (Phi) is 6.76. The molecular weight excluding hydrogens is 585 g/mol. The molecule has 0 aliphatic heterocycles. The number of hydrogen-bond acceptors (Lipinski definition) is 4. The fourth-order valence-electron chi connectivity index (χ4n) is 6.53. The van der Waals surface area contributed by atoms with E-state index >= 15 is 0 Å². The maximum atomic E-state index is 5.22. The van der Waals surface area contributed by atoms with Gasteiger partial charge in [0.15, 0.2) is 5.82 Å². The van der Waals surface area contributed by atoms with Gasteiger partial charge < -0.3 is 0 Å². The number of benzene rings is 6. The minimum atomic E-state index is 0.652. The summed E-state index contributed by atoms with van der Waals surface area (Å²) in [4.78, 5) is 20.5. The smallest absolute Gasteiger partial charge is 0.160 e. The molecule has 3 heterocycles. The molecule has 48 heavy (non-hydrogen) atoms. The first kappa shape index (κ1) is 27.8. The van der Waals surface area contributed by atoms with Crippen molar-refractivity contribution in [2.45, 2.75) is 0 Å². The number of rotatable bonds is 5. The summed E-state index contributed by atoms with van der Waals surface area (Å²) >= 11 is 0. The van der Waals surface area contributed by atoms with Crippen molar-refractivity contribution in [1.82, 2.24) is 19.9 Å². The van der Waals surface area contributed by atoms with E-state index in [9.17, 15) is 0 Å². The summed E-state index contributed by atoms with van der Waals surface area (Å²) in [5, 5.41) is 5.81. The highest BCUT2D eigenvalue weighted by Crippen LogP contribution is 2.37. The summed E-state index contributed by atoms with van der Waals surface area (Å²) in [5.74, 6) is 0.652. The molecule has 0 bridgehead atoms. The fourth-order valence-corrected chi connectivity index (χ4v) is 6.53. The summed E-state index contributed by atoms with van der Waals surface area (Å²) in [5.41, 5.74) is 9.24. The van der Waals surface area contributed by atoms with Crippen LogP contribution in [0.25, 0.3) is 89.0 Å². The van der Waals surface area contributed by atoms with E-state index in [0.717, 1.165) is 61.4 Å². The van der Waals surface area contributed by atoms with Gasteiger partial charge in [0.05, 0.1) is 34.0 Å². The Balaban J connectivity index is 1.21. The zero-order valence-corrected chi connectivity index (χ0v) is 26.0. The van der Waals surface area contributed by atoms with E-state index < -0.39 is 0 Å². The first-order valence-corrected chi connectivity index (χ1v) is 16.1. The molecule has 9 rings (SSSR count). The Morgan fingerprint density at radius 3 is 1.75 bits per heavy atom. The Morgan fingerprint density at radius 2 is 0.938 bits per heavy atom. The first-order chi connectivity index (χ1) is 23.8. The summed E-state index contributed by atoms with van der Waals surface area (Å²) in [7, 11) is 0. The van der Waals surface area contributed by atoms with Gasteiger partial charge >= 0.3 is 0 Å². The van der Waals surface area contributed by atoms with Crippen molar-refractivity contribution >= 4 is 32.4 Å². The lowest BCUT2D eigenvalue weighted by molar-refractivity contribution is 1.16. The van der Waals surface area contributed by atoms with Crippen LogP contribution in [-0.2, 0) is 0 Å². The van der Waals surface area contributed by atoms with E-state index in [2.05, 4.69) is 115 Å². The van der Waals surface area contributed by atoms with Gasteiger partial charge in [-0.25, -0.2) is 19.9 Å². The number of nitrogens with zero attached hydrogens (tertiary/aromatic N) is 4. The largest absolute Gasteiger partial charge is 0.245 e. The number of fused-ring (bicyclic) bond motifs is 5. The monoisotopic (exact) mass is 612 g/mol. The minimum Gasteiger partial charge on any atom is -0.245 e. The predicted molar refractivity (Wildman–Crippen MR) is 197 cm³/mol. The molecule has 9 aromatic rings. The van der Waals surface area contributed by atoms with E-state index in [1.807, 2.05) is 54.6 Å². The first-order valence-electron chi connectivity index (χ1n) is 16.1. The molecular formula is C44H28N4. The molecule has 0 atom stereocenters. The molecule has 0 aliphatic rings. The van der Waals surface area contributed by atoms with E-state index in [4.69, 9.17) is 19.9 Å². The van der Waals surface area contributed by atoms with Crippen LogP contribution in [0.1, 0.15) is 0 Å². The lowest BCUT2D eigenvalue weighted by Crippen LogP contribution is -1.98. The van der Waals surface area contributed by atoms with Crippen molar-refractivity contribution < 1.29 is 0 Å². The lowest BCUT2D eigenvalue weighted by Gasteiger charge is -2.13. The number of hydrogen-bond donors (Lipinski definition) is 0. The molecule has 3 aromatic heterocycles. The quantitative estimate of drug-likeness (QED) is 0.181. The van der Waals surface area contributed by atoms with Crippen LogP contribution in [0.4, 0.5) is 0 Å². The highest BCUT2D eigenvalue weighted by molar-refractivity contribution is 6.22. The van der Waals surface area contributed by atoms with Crippen molar-refractivity contribution in [1.29, 1.82) is 0 Å². The van der Waals surface area contributed by atoms with Gasteiger partial charge in [0.25, 0.3) is 0 Å². The molecule has 0 radical (unpaired) electrons. The zero-order chi connectivity index (χ0) is 31.9. The average molecular weight is 613 g/mol. The topological polar surface area (TPSA) is 51.6 Å². The molecule has 0 aliphatic carbocycles. The SMILES string of the molecule is c1ccc(-c2ccc(-c3nc(-c4ccccc4)cc(-c4cccc(-c5nc6ccccc6c6c5ccc5ccccc56)n4)n3)cc2)cc1. The third kappa shape index (κ3) is 4.97. The number of para-hydroxylation sites is 1. The van der Waals surface area contributed by atoms with Crippen molar-refractivity contribution in [2.24, 2.45) is 0 Å². The Hall–Kier alpha value is -6.52. The molecule has 0 amide bonds. The van der Waals surface area contributed by atoms with Crippen molar-refractivity contribution in [3.8, 4) is 56.5 Å². The van der Waals surface area contributed by atoms with Crippen LogP contribution in [0.15, 0.2) is 170 Å². The Bertz CT molecular complexity index is 2580. The van der Waals surface area contributed by atoms with Crippen LogP contribution in [0.3, 0.4) is 0 Å². The molecule has 6 aromatic carbocycles. The van der Waals surface area contributed by atoms with E-state index in [0.29, 0.717) is 5.82 Å². The van der Waals surface area contributed by atoms with Gasteiger partial charge in [0.2, 0.25) is 0 Å². The molecule has 4 heteroatoms. The van der Waals surface area contributed by atoms with Crippen molar-refractivity contribution in [3.63, 3.8) is 0 Å². The van der Waals surface area contributed by atoms with Gasteiger partial charge in [0.1, 0.15) is 0 Å². The van der Waals surface area contributed by atoms with E-state index in [1.54, 1.807) is 0 Å². The van der Waals surface area contributed by atoms with Gasteiger partial charge in [-0.1, -0.05) is 146 Å². The molecule has 0 unspecified atom stereocenters. The zero-order valence-electron chi connectivity index (χ0n) is 26.0. The minimum absolute atomic E-state index is 0.652. The summed E-state index contributed by atoms with van der Waals surface area (Å²) in [6, 6.07) is 58.4. The van der Waals surface area contributed by atoms with Crippen LogP contribution in [0.5, 0.6) is 0 Å². The highest BCUT2D eigenvalue weighted by Gasteiger charge is 2.16. The van der Waals surface area contributed by atoms with Gasteiger partial charge in [-0.15, -0.1) is 0 Å². The van der Waals surface area contributed by atoms with Gasteiger partial charge in [-0.2, -0.15) is 0 Å². The van der Waals surface area contributed by atoms with Crippen molar-refractivity contribution in [2.75, 3.05) is 0 Å². The normalized spacial score (nSPS) is 11.3. The number of pyridine rings is 2. The average Bonchev–Trinajstić information content (AvgIpc) is 3.18. The van der Waals surface area contributed by atoms with Gasteiger partial charge in [0, 0.05) is 27.3 Å². The number of aromatic nitrogens is 4. The standard InChI is InChI=1S/C44H28N4/c1-3-12-29(13-4-1)30-22-24-33(25-23-30)44-47-40(32-15-5-2-6-16-32)28-41(48-44)38-20-11-21-39(45-38)43-36-27-26-31-14-7-8-17-34(31)42(36)35-18-9-10-19-37(35)46-43/h1-28H.